The smallest absolute Gasteiger partial charge is 0.457 e. The Bertz CT molecular complexity index is 984. The zero-order valence-corrected chi connectivity index (χ0v) is 36.1. The summed E-state index contributed by atoms with van der Waals surface area (Å²) in [5.74, 6) is -0.477. The zero-order valence-electron chi connectivity index (χ0n) is 35.2. The minimum absolute atomic E-state index is 0.0757. The van der Waals surface area contributed by atoms with E-state index >= 15 is 0 Å². The maximum Gasteiger partial charge on any atom is 0.472 e. The first-order valence-electron chi connectivity index (χ1n) is 22.5. The van der Waals surface area contributed by atoms with Gasteiger partial charge in [0.25, 0.3) is 0 Å². The van der Waals surface area contributed by atoms with Crippen LogP contribution in [0.5, 0.6) is 0 Å². The van der Waals surface area contributed by atoms with Crippen molar-refractivity contribution in [1.29, 1.82) is 0 Å². The number of ether oxygens (including phenoxy) is 2. The molecule has 6 N–H and O–H groups in total. The molecule has 0 heterocycles. The van der Waals surface area contributed by atoms with Crippen molar-refractivity contribution in [1.82, 2.24) is 0 Å². The second-order valence-corrected chi connectivity index (χ2v) is 17.3. The van der Waals surface area contributed by atoms with Crippen molar-refractivity contribution in [3.8, 4) is 0 Å². The third-order valence-corrected chi connectivity index (χ3v) is 11.6. The molecular formula is C43H83O12P. The highest BCUT2D eigenvalue weighted by molar-refractivity contribution is 7.47. The molecule has 1 fully saturated rings. The molecule has 0 spiro atoms. The zero-order chi connectivity index (χ0) is 41.3. The van der Waals surface area contributed by atoms with E-state index in [1.165, 1.54) is 116 Å². The Kier molecular flexibility index (Phi) is 33.1. The van der Waals surface area contributed by atoms with E-state index in [4.69, 9.17) is 18.5 Å². The Labute approximate surface area is 339 Å². The molecule has 0 aromatic rings. The molecule has 0 amide bonds. The predicted molar refractivity (Wildman–Crippen MR) is 221 cm³/mol. The lowest BCUT2D eigenvalue weighted by Crippen LogP contribution is -2.64. The highest BCUT2D eigenvalue weighted by Crippen LogP contribution is 2.47. The number of allylic oxidation sites excluding steroid dienone is 2. The van der Waals surface area contributed by atoms with Crippen LogP contribution >= 0.6 is 7.82 Å². The van der Waals surface area contributed by atoms with E-state index in [0.29, 0.717) is 13.0 Å². The van der Waals surface area contributed by atoms with E-state index < -0.39 is 63.1 Å². The number of phosphoric acid groups is 1. The fourth-order valence-electron chi connectivity index (χ4n) is 7.00. The molecule has 0 aliphatic heterocycles. The Hall–Kier alpha value is -0.920. The van der Waals surface area contributed by atoms with Gasteiger partial charge in [0.1, 0.15) is 42.7 Å². The lowest BCUT2D eigenvalue weighted by atomic mass is 9.85. The monoisotopic (exact) mass is 823 g/mol. The molecule has 0 aromatic heterocycles. The van der Waals surface area contributed by atoms with Crippen LogP contribution in [0.15, 0.2) is 12.2 Å². The first kappa shape index (κ1) is 53.1. The predicted octanol–water partition coefficient (Wildman–Crippen LogP) is 8.75. The van der Waals surface area contributed by atoms with Crippen LogP contribution in [0, 0.1) is 0 Å². The molecule has 13 heteroatoms. The molecule has 0 radical (unpaired) electrons. The average Bonchev–Trinajstić information content (AvgIpc) is 3.18. The number of hydrogen-bond donors (Lipinski definition) is 6. The Balaban J connectivity index is 2.40. The van der Waals surface area contributed by atoms with Crippen molar-refractivity contribution in [2.24, 2.45) is 0 Å². The summed E-state index contributed by atoms with van der Waals surface area (Å²) < 4.78 is 34.1. The lowest BCUT2D eigenvalue weighted by molar-refractivity contribution is -0.220. The SMILES string of the molecule is CCCCCCCC/C=C\CCCCCCCCOCC(COP(=O)(O)OC1C(O)C(O)C(O)C(O)C1O)OC(=O)CCCCCCCCCCCCCCC. The van der Waals surface area contributed by atoms with Crippen molar-refractivity contribution in [3.63, 3.8) is 0 Å². The number of aliphatic hydroxyl groups is 5. The number of unbranched alkanes of at least 4 members (excludes halogenated alkanes) is 24. The summed E-state index contributed by atoms with van der Waals surface area (Å²) in [5.41, 5.74) is 0. The summed E-state index contributed by atoms with van der Waals surface area (Å²) in [6.45, 7) is 4.25. The van der Waals surface area contributed by atoms with E-state index in [1.807, 2.05) is 0 Å². The largest absolute Gasteiger partial charge is 0.472 e. The van der Waals surface area contributed by atoms with Gasteiger partial charge in [-0.2, -0.15) is 0 Å². The summed E-state index contributed by atoms with van der Waals surface area (Å²) in [6.07, 6.45) is 24.2. The van der Waals surface area contributed by atoms with E-state index in [-0.39, 0.29) is 13.0 Å². The summed E-state index contributed by atoms with van der Waals surface area (Å²) in [4.78, 5) is 23.1. The van der Waals surface area contributed by atoms with Crippen LogP contribution < -0.4 is 0 Å². The number of aliphatic hydroxyl groups excluding tert-OH is 5. The van der Waals surface area contributed by atoms with Crippen LogP contribution in [-0.2, 0) is 27.9 Å². The van der Waals surface area contributed by atoms with Gasteiger partial charge in [-0.25, -0.2) is 4.57 Å². The summed E-state index contributed by atoms with van der Waals surface area (Å²) in [6, 6.07) is 0. The van der Waals surface area contributed by atoms with Gasteiger partial charge in [-0.15, -0.1) is 0 Å². The van der Waals surface area contributed by atoms with Gasteiger partial charge in [-0.1, -0.05) is 161 Å². The number of rotatable bonds is 38. The quantitative estimate of drug-likeness (QED) is 0.0150. The van der Waals surface area contributed by atoms with E-state index in [1.54, 1.807) is 0 Å². The highest BCUT2D eigenvalue weighted by Gasteiger charge is 2.51. The maximum atomic E-state index is 12.8. The number of phosphoric ester groups is 1. The molecule has 1 saturated carbocycles. The van der Waals surface area contributed by atoms with Gasteiger partial charge in [0.05, 0.1) is 13.2 Å². The molecule has 0 bridgehead atoms. The third-order valence-electron chi connectivity index (χ3n) is 10.6. The minimum atomic E-state index is -5.01. The summed E-state index contributed by atoms with van der Waals surface area (Å²) in [5, 5.41) is 50.1. The molecule has 1 aliphatic carbocycles. The standard InChI is InChI=1S/C43H83O12P/c1-3-5-7-9-11-13-15-17-18-19-21-23-25-27-29-31-33-52-34-36(35-53-56(50,51)55-43-41(48)39(46)38(45)40(47)42(43)49)54-37(44)32-30-28-26-24-22-20-16-14-12-10-8-6-4-2/h17-18,36,38-43,45-49H,3-16,19-35H2,1-2H3,(H,50,51)/b18-17-. The molecule has 6 atom stereocenters. The number of esters is 1. The van der Waals surface area contributed by atoms with E-state index in [9.17, 15) is 39.8 Å². The fraction of sp³-hybridized carbons (Fsp3) is 0.930. The highest BCUT2D eigenvalue weighted by atomic mass is 31.2. The molecule has 0 saturated heterocycles. The van der Waals surface area contributed by atoms with Crippen LogP contribution in [0.3, 0.4) is 0 Å². The van der Waals surface area contributed by atoms with Crippen molar-refractivity contribution >= 4 is 13.8 Å². The molecule has 332 valence electrons. The van der Waals surface area contributed by atoms with Gasteiger partial charge in [0.2, 0.25) is 0 Å². The lowest BCUT2D eigenvalue weighted by Gasteiger charge is -2.41. The molecule has 0 aromatic carbocycles. The van der Waals surface area contributed by atoms with Gasteiger partial charge in [0.15, 0.2) is 0 Å². The van der Waals surface area contributed by atoms with Gasteiger partial charge in [0, 0.05) is 13.0 Å². The van der Waals surface area contributed by atoms with Crippen LogP contribution in [0.1, 0.15) is 194 Å². The van der Waals surface area contributed by atoms with E-state index in [0.717, 1.165) is 51.4 Å². The second kappa shape index (κ2) is 34.9. The van der Waals surface area contributed by atoms with Crippen LogP contribution in [0.25, 0.3) is 0 Å². The minimum Gasteiger partial charge on any atom is -0.457 e. The average molecular weight is 823 g/mol. The third kappa shape index (κ3) is 27.0. The molecule has 6 unspecified atom stereocenters. The van der Waals surface area contributed by atoms with Gasteiger partial charge in [-0.05, 0) is 38.5 Å². The molecule has 1 aliphatic rings. The van der Waals surface area contributed by atoms with Gasteiger partial charge in [-0.3, -0.25) is 13.8 Å². The fourth-order valence-corrected chi connectivity index (χ4v) is 7.97. The van der Waals surface area contributed by atoms with Crippen LogP contribution in [-0.4, -0.2) is 98.9 Å². The maximum absolute atomic E-state index is 12.8. The van der Waals surface area contributed by atoms with Gasteiger partial charge >= 0.3 is 13.8 Å². The van der Waals surface area contributed by atoms with Crippen LogP contribution in [0.2, 0.25) is 0 Å². The first-order valence-corrected chi connectivity index (χ1v) is 24.0. The van der Waals surface area contributed by atoms with Gasteiger partial charge < -0.3 is 39.9 Å². The Morgan fingerprint density at radius 2 is 0.946 bits per heavy atom. The molecular weight excluding hydrogens is 739 g/mol. The molecule has 1 rings (SSSR count). The number of carbonyl (C=O) groups excluding carboxylic acids is 1. The first-order chi connectivity index (χ1) is 27.0. The molecule has 12 nitrogen and oxygen atoms in total. The Morgan fingerprint density at radius 3 is 1.41 bits per heavy atom. The number of carbonyl (C=O) groups is 1. The Morgan fingerprint density at radius 1 is 0.554 bits per heavy atom. The second-order valence-electron chi connectivity index (χ2n) is 15.9. The summed E-state index contributed by atoms with van der Waals surface area (Å²) in [7, 11) is -5.01. The topological polar surface area (TPSA) is 192 Å². The summed E-state index contributed by atoms with van der Waals surface area (Å²) >= 11 is 0. The van der Waals surface area contributed by atoms with Crippen molar-refractivity contribution < 1.29 is 58.3 Å². The van der Waals surface area contributed by atoms with Crippen molar-refractivity contribution in [3.05, 3.63) is 12.2 Å². The molecule has 56 heavy (non-hydrogen) atoms. The number of hydrogen-bond acceptors (Lipinski definition) is 11. The van der Waals surface area contributed by atoms with Crippen molar-refractivity contribution in [2.75, 3.05) is 19.8 Å². The normalized spacial score (nSPS) is 23.1. The van der Waals surface area contributed by atoms with Crippen LogP contribution in [0.4, 0.5) is 0 Å². The van der Waals surface area contributed by atoms with E-state index in [2.05, 4.69) is 26.0 Å². The van der Waals surface area contributed by atoms with Crippen molar-refractivity contribution in [2.45, 2.75) is 236 Å².